The molecule has 1 fully saturated rings. The van der Waals surface area contributed by atoms with Crippen molar-refractivity contribution in [2.75, 3.05) is 21.3 Å². The first-order valence-electron chi connectivity index (χ1n) is 15.6. The summed E-state index contributed by atoms with van der Waals surface area (Å²) in [5.74, 6) is 0.880. The Morgan fingerprint density at radius 3 is 2.04 bits per heavy atom. The number of methoxy groups -OCH3 is 3. The molecule has 11 nitrogen and oxygen atoms in total. The second kappa shape index (κ2) is 14.8. The summed E-state index contributed by atoms with van der Waals surface area (Å²) in [5.41, 5.74) is 0.467. The van der Waals surface area contributed by atoms with E-state index in [4.69, 9.17) is 18.9 Å². The largest absolute Gasteiger partial charge is 0.497 e. The molecule has 4 atom stereocenters. The van der Waals surface area contributed by atoms with E-state index >= 15 is 0 Å². The maximum atomic E-state index is 13.1. The second-order valence-electron chi connectivity index (χ2n) is 11.8. The van der Waals surface area contributed by atoms with Crippen LogP contribution in [-0.4, -0.2) is 65.4 Å². The number of nitrogens with zero attached hydrogens (tertiary/aromatic N) is 1. The molecule has 4 aromatic rings. The predicted molar refractivity (Wildman–Crippen MR) is 179 cm³/mol. The zero-order chi connectivity index (χ0) is 34.4. The van der Waals surface area contributed by atoms with Crippen LogP contribution in [0.2, 0.25) is 0 Å². The summed E-state index contributed by atoms with van der Waals surface area (Å²) in [4.78, 5) is 39.7. The van der Waals surface area contributed by atoms with Crippen molar-refractivity contribution < 1.29 is 34.0 Å². The van der Waals surface area contributed by atoms with Crippen molar-refractivity contribution >= 4 is 12.0 Å². The molecule has 3 N–H and O–H groups in total. The lowest BCUT2D eigenvalue weighted by atomic mass is 9.64. The van der Waals surface area contributed by atoms with Gasteiger partial charge in [0.2, 0.25) is 0 Å². The van der Waals surface area contributed by atoms with Crippen LogP contribution in [0.4, 0.5) is 0 Å². The van der Waals surface area contributed by atoms with Gasteiger partial charge in [-0.15, -0.1) is 0 Å². The van der Waals surface area contributed by atoms with E-state index in [0.29, 0.717) is 29.0 Å². The quantitative estimate of drug-likeness (QED) is 0.152. The van der Waals surface area contributed by atoms with Gasteiger partial charge in [0.25, 0.3) is 5.56 Å². The molecule has 1 saturated heterocycles. The molecule has 0 saturated carbocycles. The predicted octanol–water partition coefficient (Wildman–Crippen LogP) is 3.95. The van der Waals surface area contributed by atoms with Crippen molar-refractivity contribution in [3.05, 3.63) is 134 Å². The summed E-state index contributed by atoms with van der Waals surface area (Å²) in [6, 6.07) is 24.1. The van der Waals surface area contributed by atoms with Crippen molar-refractivity contribution in [2.24, 2.45) is 0 Å². The molecule has 2 heterocycles. The number of H-pyrrole nitrogens is 1. The molecular weight excluding hydrogens is 616 g/mol. The highest BCUT2D eigenvalue weighted by Gasteiger charge is 2.52. The number of aliphatic hydroxyl groups excluding tert-OH is 2. The van der Waals surface area contributed by atoms with Gasteiger partial charge in [0, 0.05) is 19.0 Å². The van der Waals surface area contributed by atoms with Crippen molar-refractivity contribution in [3.63, 3.8) is 0 Å². The smallest absolute Gasteiger partial charge is 0.330 e. The minimum absolute atomic E-state index is 0.0335. The van der Waals surface area contributed by atoms with E-state index in [1.54, 1.807) is 51.5 Å². The summed E-state index contributed by atoms with van der Waals surface area (Å²) >= 11 is 0. The molecule has 0 aliphatic carbocycles. The number of nitrogens with one attached hydrogen (secondary N) is 1. The number of hydrogen-bond donors (Lipinski definition) is 3. The molecule has 1 aliphatic heterocycles. The van der Waals surface area contributed by atoms with Crippen LogP contribution in [0.1, 0.15) is 54.7 Å². The minimum atomic E-state index is -1.37. The van der Waals surface area contributed by atoms with Crippen LogP contribution < -0.4 is 20.7 Å². The average Bonchev–Trinajstić information content (AvgIpc) is 3.50. The lowest BCUT2D eigenvalue weighted by Crippen LogP contribution is -2.51. The van der Waals surface area contributed by atoms with Crippen LogP contribution in [0.15, 0.2) is 100 Å². The Bertz CT molecular complexity index is 1800. The molecule has 1 unspecified atom stereocenters. The molecule has 48 heavy (non-hydrogen) atoms. The topological polar surface area (TPSA) is 149 Å². The normalized spacial score (nSPS) is 18.7. The molecule has 0 spiro atoms. The highest BCUT2D eigenvalue weighted by Crippen LogP contribution is 2.47. The minimum Gasteiger partial charge on any atom is -0.497 e. The third-order valence-electron chi connectivity index (χ3n) is 8.87. The Balaban J connectivity index is 1.58. The number of rotatable bonds is 12. The summed E-state index contributed by atoms with van der Waals surface area (Å²) in [7, 11) is 4.45. The molecule has 252 valence electrons. The Morgan fingerprint density at radius 1 is 0.938 bits per heavy atom. The van der Waals surface area contributed by atoms with Crippen LogP contribution in [0.25, 0.3) is 6.08 Å². The SMILES string of the molecule is COC(=O)CCC(C)=Cc1cn([C@H]2C[C@H](O)[C@@H](C(O)C(c3ccccc3)(c3ccc(OC)cc3)c3ccc(OC)cc3)O2)c(=O)[nH]c1=O. The molecule has 1 aliphatic rings. The van der Waals surface area contributed by atoms with E-state index < -0.39 is 41.2 Å². The number of aliphatic hydroxyl groups is 2. The number of allylic oxidation sites excluding steroid dienone is 1. The lowest BCUT2D eigenvalue weighted by molar-refractivity contribution is -0.140. The fourth-order valence-electron chi connectivity index (χ4n) is 6.36. The lowest BCUT2D eigenvalue weighted by Gasteiger charge is -2.43. The van der Waals surface area contributed by atoms with Crippen LogP contribution in [-0.2, 0) is 19.7 Å². The fourth-order valence-corrected chi connectivity index (χ4v) is 6.36. The summed E-state index contributed by atoms with van der Waals surface area (Å²) in [6.07, 6.45) is -1.32. The molecule has 11 heteroatoms. The number of esters is 1. The first-order valence-corrected chi connectivity index (χ1v) is 15.6. The van der Waals surface area contributed by atoms with E-state index in [1.165, 1.54) is 17.9 Å². The Morgan fingerprint density at radius 2 is 1.50 bits per heavy atom. The number of aromatic nitrogens is 2. The average molecular weight is 657 g/mol. The zero-order valence-corrected chi connectivity index (χ0v) is 27.3. The molecule has 0 bridgehead atoms. The number of benzene rings is 3. The summed E-state index contributed by atoms with van der Waals surface area (Å²) in [6.45, 7) is 1.77. The standard InChI is InChI=1S/C37H40N2O9/c1-23(10-19-32(41)47-4)20-24-22-39(36(44)38-35(24)43)31-21-30(40)33(48-31)34(42)37(25-8-6-5-7-9-25,26-11-15-28(45-2)16-12-26)27-13-17-29(46-3)18-14-27/h5-9,11-18,20,22,30-31,33-34,40,42H,10,19,21H2,1-4H3,(H,38,43,44)/t30-,31+,33-,34?/m0/s1. The van der Waals surface area contributed by atoms with Gasteiger partial charge in [-0.3, -0.25) is 19.1 Å². The van der Waals surface area contributed by atoms with Gasteiger partial charge in [0.15, 0.2) is 0 Å². The zero-order valence-electron chi connectivity index (χ0n) is 27.3. The monoisotopic (exact) mass is 656 g/mol. The van der Waals surface area contributed by atoms with Crippen LogP contribution >= 0.6 is 0 Å². The van der Waals surface area contributed by atoms with E-state index in [2.05, 4.69) is 4.98 Å². The van der Waals surface area contributed by atoms with Crippen molar-refractivity contribution in [3.8, 4) is 11.5 Å². The van der Waals surface area contributed by atoms with Gasteiger partial charge in [-0.25, -0.2) is 4.79 Å². The third-order valence-corrected chi connectivity index (χ3v) is 8.87. The first kappa shape index (κ1) is 34.4. The first-order chi connectivity index (χ1) is 23.1. The number of carbonyl (C=O) groups excluding carboxylic acids is 1. The van der Waals surface area contributed by atoms with Crippen LogP contribution in [0.3, 0.4) is 0 Å². The Hall–Kier alpha value is -4.97. The summed E-state index contributed by atoms with van der Waals surface area (Å²) < 4.78 is 23.1. The molecular formula is C37H40N2O9. The van der Waals surface area contributed by atoms with E-state index in [9.17, 15) is 24.6 Å². The fraction of sp³-hybridized carbons (Fsp3) is 0.324. The maximum absolute atomic E-state index is 13.1. The van der Waals surface area contributed by atoms with Gasteiger partial charge in [-0.1, -0.05) is 60.2 Å². The highest BCUT2D eigenvalue weighted by molar-refractivity contribution is 5.69. The highest BCUT2D eigenvalue weighted by atomic mass is 16.5. The molecule has 0 amide bonds. The molecule has 0 radical (unpaired) electrons. The van der Waals surface area contributed by atoms with E-state index in [1.807, 2.05) is 54.6 Å². The third kappa shape index (κ3) is 6.84. The summed E-state index contributed by atoms with van der Waals surface area (Å²) in [5, 5.41) is 24.1. The van der Waals surface area contributed by atoms with Gasteiger partial charge in [0.1, 0.15) is 29.9 Å². The maximum Gasteiger partial charge on any atom is 0.330 e. The van der Waals surface area contributed by atoms with Gasteiger partial charge in [-0.2, -0.15) is 0 Å². The Kier molecular flexibility index (Phi) is 10.6. The van der Waals surface area contributed by atoms with E-state index in [0.717, 1.165) is 11.1 Å². The number of carbonyl (C=O) groups is 1. The molecule has 3 aromatic carbocycles. The van der Waals surface area contributed by atoms with E-state index in [-0.39, 0.29) is 24.4 Å². The molecule has 5 rings (SSSR count). The second-order valence-corrected chi connectivity index (χ2v) is 11.8. The van der Waals surface area contributed by atoms with Crippen molar-refractivity contribution in [2.45, 2.75) is 56.1 Å². The van der Waals surface area contributed by atoms with Gasteiger partial charge < -0.3 is 29.2 Å². The van der Waals surface area contributed by atoms with Gasteiger partial charge >= 0.3 is 11.7 Å². The molecule has 1 aromatic heterocycles. The van der Waals surface area contributed by atoms with Gasteiger partial charge in [0.05, 0.1) is 38.4 Å². The number of hydrogen-bond acceptors (Lipinski definition) is 9. The van der Waals surface area contributed by atoms with Crippen LogP contribution in [0.5, 0.6) is 11.5 Å². The Labute approximate surface area is 278 Å². The van der Waals surface area contributed by atoms with Gasteiger partial charge in [-0.05, 0) is 60.4 Å². The van der Waals surface area contributed by atoms with Crippen LogP contribution in [0, 0.1) is 0 Å². The van der Waals surface area contributed by atoms with Crippen molar-refractivity contribution in [1.29, 1.82) is 0 Å². The number of aromatic amines is 1. The number of ether oxygens (including phenoxy) is 4. The van der Waals surface area contributed by atoms with Crippen molar-refractivity contribution in [1.82, 2.24) is 9.55 Å².